The molecule has 2 rings (SSSR count). The number of carbonyl (C=O) groups is 2. The smallest absolute Gasteiger partial charge is 0.331 e. The van der Waals surface area contributed by atoms with E-state index in [1.54, 1.807) is 37.5 Å². The Morgan fingerprint density at radius 1 is 1.25 bits per heavy atom. The van der Waals surface area contributed by atoms with Gasteiger partial charge in [0.2, 0.25) is 0 Å². The first kappa shape index (κ1) is 17.5. The molecule has 124 valence electrons. The standard InChI is InChI=1S/C17H15ClN2O4/c1-23-14-7-3-2-5-12(14)8-9-16(22)24-11-15(21)20-13-6-4-10-19-17(13)18/h2-10H,11H2,1H3,(H,20,21)/b9-8+. The lowest BCUT2D eigenvalue weighted by Crippen LogP contribution is -2.20. The van der Waals surface area contributed by atoms with Crippen molar-refractivity contribution < 1.29 is 19.1 Å². The highest BCUT2D eigenvalue weighted by atomic mass is 35.5. The number of rotatable bonds is 6. The van der Waals surface area contributed by atoms with Crippen LogP contribution in [-0.2, 0) is 14.3 Å². The summed E-state index contributed by atoms with van der Waals surface area (Å²) in [5.41, 5.74) is 1.08. The van der Waals surface area contributed by atoms with Gasteiger partial charge in [-0.25, -0.2) is 9.78 Å². The number of halogens is 1. The highest BCUT2D eigenvalue weighted by Crippen LogP contribution is 2.19. The third-order valence-corrected chi connectivity index (χ3v) is 3.22. The molecule has 1 heterocycles. The minimum atomic E-state index is -0.645. The molecule has 0 aliphatic heterocycles. The molecule has 0 saturated heterocycles. The number of para-hydroxylation sites is 1. The summed E-state index contributed by atoms with van der Waals surface area (Å²) >= 11 is 5.82. The van der Waals surface area contributed by atoms with Crippen molar-refractivity contribution in [3.63, 3.8) is 0 Å². The Morgan fingerprint density at radius 2 is 2.04 bits per heavy atom. The Hall–Kier alpha value is -2.86. The summed E-state index contributed by atoms with van der Waals surface area (Å²) in [6.45, 7) is -0.430. The molecule has 0 atom stereocenters. The molecule has 0 fully saturated rings. The van der Waals surface area contributed by atoms with Crippen LogP contribution < -0.4 is 10.1 Å². The molecule has 1 aromatic carbocycles. The zero-order valence-electron chi connectivity index (χ0n) is 12.9. The minimum Gasteiger partial charge on any atom is -0.496 e. The molecule has 0 radical (unpaired) electrons. The largest absolute Gasteiger partial charge is 0.496 e. The fourth-order valence-electron chi connectivity index (χ4n) is 1.81. The van der Waals surface area contributed by atoms with Gasteiger partial charge in [-0.3, -0.25) is 4.79 Å². The van der Waals surface area contributed by atoms with Crippen LogP contribution in [0.2, 0.25) is 5.15 Å². The van der Waals surface area contributed by atoms with Crippen molar-refractivity contribution in [3.8, 4) is 5.75 Å². The number of hydrogen-bond donors (Lipinski definition) is 1. The molecule has 0 unspecified atom stereocenters. The first-order chi connectivity index (χ1) is 11.6. The first-order valence-electron chi connectivity index (χ1n) is 6.98. The van der Waals surface area contributed by atoms with E-state index in [1.807, 2.05) is 12.1 Å². The van der Waals surface area contributed by atoms with Gasteiger partial charge in [-0.1, -0.05) is 29.8 Å². The van der Waals surface area contributed by atoms with Crippen molar-refractivity contribution in [3.05, 3.63) is 59.4 Å². The number of pyridine rings is 1. The summed E-state index contributed by atoms with van der Waals surface area (Å²) in [5, 5.41) is 2.66. The van der Waals surface area contributed by atoms with Gasteiger partial charge in [-0.05, 0) is 24.3 Å². The number of hydrogen-bond acceptors (Lipinski definition) is 5. The van der Waals surface area contributed by atoms with Crippen molar-refractivity contribution in [1.82, 2.24) is 4.98 Å². The predicted molar refractivity (Wildman–Crippen MR) is 90.9 cm³/mol. The van der Waals surface area contributed by atoms with E-state index >= 15 is 0 Å². The van der Waals surface area contributed by atoms with E-state index in [4.69, 9.17) is 21.1 Å². The Morgan fingerprint density at radius 3 is 2.79 bits per heavy atom. The maximum Gasteiger partial charge on any atom is 0.331 e. The maximum atomic E-state index is 11.7. The van der Waals surface area contributed by atoms with Crippen LogP contribution in [0.15, 0.2) is 48.7 Å². The molecule has 0 aliphatic carbocycles. The van der Waals surface area contributed by atoms with Gasteiger partial charge >= 0.3 is 5.97 Å². The number of nitrogens with one attached hydrogen (secondary N) is 1. The second kappa shape index (κ2) is 8.69. The number of ether oxygens (including phenoxy) is 2. The van der Waals surface area contributed by atoms with Crippen LogP contribution in [0.4, 0.5) is 5.69 Å². The third-order valence-electron chi connectivity index (χ3n) is 2.92. The van der Waals surface area contributed by atoms with Gasteiger partial charge in [0.1, 0.15) is 5.75 Å². The van der Waals surface area contributed by atoms with Crippen molar-refractivity contribution >= 4 is 35.2 Å². The molecule has 0 aliphatic rings. The lowest BCUT2D eigenvalue weighted by molar-refractivity contribution is -0.142. The van der Waals surface area contributed by atoms with E-state index < -0.39 is 18.5 Å². The molecule has 0 bridgehead atoms. The topological polar surface area (TPSA) is 77.5 Å². The van der Waals surface area contributed by atoms with Gasteiger partial charge in [0.25, 0.3) is 5.91 Å². The summed E-state index contributed by atoms with van der Waals surface area (Å²) < 4.78 is 10.0. The number of esters is 1. The SMILES string of the molecule is COc1ccccc1/C=C/C(=O)OCC(=O)Nc1cccnc1Cl. The molecule has 1 N–H and O–H groups in total. The number of carbonyl (C=O) groups excluding carboxylic acids is 2. The summed E-state index contributed by atoms with van der Waals surface area (Å²) in [5.74, 6) is -0.525. The van der Waals surface area contributed by atoms with Crippen LogP contribution in [0.5, 0.6) is 5.75 Å². The Balaban J connectivity index is 1.85. The van der Waals surface area contributed by atoms with Gasteiger partial charge in [0.15, 0.2) is 11.8 Å². The number of benzene rings is 1. The molecule has 0 spiro atoms. The van der Waals surface area contributed by atoms with Gasteiger partial charge in [0.05, 0.1) is 12.8 Å². The van der Waals surface area contributed by atoms with Crippen LogP contribution in [0.1, 0.15) is 5.56 Å². The zero-order valence-corrected chi connectivity index (χ0v) is 13.6. The molecule has 1 amide bonds. The maximum absolute atomic E-state index is 11.7. The second-order valence-corrected chi connectivity index (χ2v) is 4.93. The normalized spacial score (nSPS) is 10.4. The zero-order chi connectivity index (χ0) is 17.4. The number of aromatic nitrogens is 1. The monoisotopic (exact) mass is 346 g/mol. The molecule has 7 heteroatoms. The number of anilines is 1. The quantitative estimate of drug-likeness (QED) is 0.494. The predicted octanol–water partition coefficient (Wildman–Crippen LogP) is 2.94. The summed E-state index contributed by atoms with van der Waals surface area (Å²) in [7, 11) is 1.54. The van der Waals surface area contributed by atoms with Crippen molar-refractivity contribution in [2.24, 2.45) is 0 Å². The van der Waals surface area contributed by atoms with Crippen LogP contribution in [-0.4, -0.2) is 30.6 Å². The molecular weight excluding hydrogens is 332 g/mol. The van der Waals surface area contributed by atoms with Crippen LogP contribution in [0, 0.1) is 0 Å². The lowest BCUT2D eigenvalue weighted by atomic mass is 10.2. The van der Waals surface area contributed by atoms with Gasteiger partial charge in [-0.2, -0.15) is 0 Å². The average Bonchev–Trinajstić information content (AvgIpc) is 2.60. The molecule has 1 aromatic heterocycles. The van der Waals surface area contributed by atoms with E-state index in [1.165, 1.54) is 12.3 Å². The summed E-state index contributed by atoms with van der Waals surface area (Å²) in [4.78, 5) is 27.2. The third kappa shape index (κ3) is 5.10. The molecule has 24 heavy (non-hydrogen) atoms. The highest BCUT2D eigenvalue weighted by molar-refractivity contribution is 6.32. The lowest BCUT2D eigenvalue weighted by Gasteiger charge is -2.06. The summed E-state index contributed by atoms with van der Waals surface area (Å²) in [6, 6.07) is 10.4. The van der Waals surface area contributed by atoms with Gasteiger partial charge < -0.3 is 14.8 Å². The minimum absolute atomic E-state index is 0.160. The molecule has 6 nitrogen and oxygen atoms in total. The number of amides is 1. The van der Waals surface area contributed by atoms with E-state index in [0.717, 1.165) is 5.56 Å². The van der Waals surface area contributed by atoms with Crippen LogP contribution >= 0.6 is 11.6 Å². The first-order valence-corrected chi connectivity index (χ1v) is 7.36. The fraction of sp³-hybridized carbons (Fsp3) is 0.118. The fourth-order valence-corrected chi connectivity index (χ4v) is 1.98. The van der Waals surface area contributed by atoms with Crippen LogP contribution in [0.25, 0.3) is 6.08 Å². The van der Waals surface area contributed by atoms with E-state index in [2.05, 4.69) is 10.3 Å². The molecule has 2 aromatic rings. The molecule has 0 saturated carbocycles. The van der Waals surface area contributed by atoms with Crippen LogP contribution in [0.3, 0.4) is 0 Å². The second-order valence-electron chi connectivity index (χ2n) is 4.57. The Labute approximate surface area is 144 Å². The van der Waals surface area contributed by atoms with Crippen molar-refractivity contribution in [2.75, 3.05) is 19.0 Å². The molecular formula is C17H15ClN2O4. The average molecular weight is 347 g/mol. The van der Waals surface area contributed by atoms with Crippen molar-refractivity contribution in [1.29, 1.82) is 0 Å². The van der Waals surface area contributed by atoms with E-state index in [9.17, 15) is 9.59 Å². The Kier molecular flexibility index (Phi) is 6.33. The van der Waals surface area contributed by atoms with E-state index in [-0.39, 0.29) is 5.15 Å². The van der Waals surface area contributed by atoms with Gasteiger partial charge in [-0.15, -0.1) is 0 Å². The van der Waals surface area contributed by atoms with Crippen molar-refractivity contribution in [2.45, 2.75) is 0 Å². The van der Waals surface area contributed by atoms with E-state index in [0.29, 0.717) is 11.4 Å². The number of nitrogens with zero attached hydrogens (tertiary/aromatic N) is 1. The highest BCUT2D eigenvalue weighted by Gasteiger charge is 2.08. The Bertz CT molecular complexity index is 762. The van der Waals surface area contributed by atoms with Gasteiger partial charge in [0, 0.05) is 17.8 Å². The number of methoxy groups -OCH3 is 1. The summed E-state index contributed by atoms with van der Waals surface area (Å²) in [6.07, 6.45) is 4.28.